The van der Waals surface area contributed by atoms with Crippen molar-refractivity contribution in [3.63, 3.8) is 0 Å². The Hall–Kier alpha value is -3.08. The molecule has 1 saturated heterocycles. The van der Waals surface area contributed by atoms with Gasteiger partial charge in [-0.05, 0) is 42.6 Å². The topological polar surface area (TPSA) is 3.24 Å². The highest BCUT2D eigenvalue weighted by Gasteiger charge is 2.43. The van der Waals surface area contributed by atoms with Crippen LogP contribution in [0.4, 0.5) is 0 Å². The van der Waals surface area contributed by atoms with E-state index in [1.807, 2.05) is 0 Å². The Morgan fingerprint density at radius 1 is 0.421 bits per heavy atom. The highest BCUT2D eigenvalue weighted by atomic mass is 31.1. The van der Waals surface area contributed by atoms with Crippen LogP contribution in [0.2, 0.25) is 0 Å². The van der Waals surface area contributed by atoms with Gasteiger partial charge in [-0.15, -0.1) is 0 Å². The van der Waals surface area contributed by atoms with Gasteiger partial charge in [0, 0.05) is 31.0 Å². The molecular formula is C35H33NP2. The van der Waals surface area contributed by atoms with Crippen LogP contribution in [0.3, 0.4) is 0 Å². The molecule has 1 aliphatic rings. The van der Waals surface area contributed by atoms with Gasteiger partial charge in [-0.3, -0.25) is 4.90 Å². The fraction of sp³-hybridized carbons (Fsp3) is 0.143. The highest BCUT2D eigenvalue weighted by Crippen LogP contribution is 2.54. The van der Waals surface area contributed by atoms with Crippen LogP contribution in [0.15, 0.2) is 152 Å². The smallest absolute Gasteiger partial charge is 0.0234 e. The van der Waals surface area contributed by atoms with Crippen LogP contribution in [0.5, 0.6) is 0 Å². The van der Waals surface area contributed by atoms with E-state index in [4.69, 9.17) is 0 Å². The zero-order valence-corrected chi connectivity index (χ0v) is 23.3. The van der Waals surface area contributed by atoms with Crippen molar-refractivity contribution >= 4 is 37.1 Å². The van der Waals surface area contributed by atoms with E-state index in [2.05, 4.69) is 157 Å². The van der Waals surface area contributed by atoms with Crippen LogP contribution in [-0.2, 0) is 6.54 Å². The molecule has 0 N–H and O–H groups in total. The Bertz CT molecular complexity index is 1230. The van der Waals surface area contributed by atoms with Gasteiger partial charge < -0.3 is 0 Å². The second-order valence-electron chi connectivity index (χ2n) is 9.90. The van der Waals surface area contributed by atoms with Crippen LogP contribution in [0.25, 0.3) is 0 Å². The Balaban J connectivity index is 1.47. The Morgan fingerprint density at radius 2 is 0.711 bits per heavy atom. The summed E-state index contributed by atoms with van der Waals surface area (Å²) in [4.78, 5) is 2.73. The Kier molecular flexibility index (Phi) is 8.09. The van der Waals surface area contributed by atoms with Gasteiger partial charge >= 0.3 is 0 Å². The van der Waals surface area contributed by atoms with Crippen molar-refractivity contribution in [1.29, 1.82) is 0 Å². The minimum absolute atomic E-state index is 0.531. The summed E-state index contributed by atoms with van der Waals surface area (Å²) >= 11 is 0. The zero-order valence-electron chi connectivity index (χ0n) is 21.6. The lowest BCUT2D eigenvalue weighted by molar-refractivity contribution is 0.333. The second kappa shape index (κ2) is 12.2. The van der Waals surface area contributed by atoms with E-state index < -0.39 is 15.8 Å². The molecule has 0 aromatic heterocycles. The van der Waals surface area contributed by atoms with Crippen molar-refractivity contribution in [3.8, 4) is 0 Å². The molecule has 1 aliphatic heterocycles. The lowest BCUT2D eigenvalue weighted by Crippen LogP contribution is -2.34. The average molecular weight is 530 g/mol. The normalized spacial score (nSPS) is 17.7. The van der Waals surface area contributed by atoms with Crippen LogP contribution < -0.4 is 21.2 Å². The summed E-state index contributed by atoms with van der Waals surface area (Å²) in [5.41, 5.74) is 2.52. The van der Waals surface area contributed by atoms with E-state index in [9.17, 15) is 0 Å². The molecule has 0 saturated carbocycles. The summed E-state index contributed by atoms with van der Waals surface area (Å²) in [6, 6.07) is 56.3. The maximum absolute atomic E-state index is 2.73. The van der Waals surface area contributed by atoms with Crippen molar-refractivity contribution in [2.24, 2.45) is 0 Å². The molecular weight excluding hydrogens is 496 g/mol. The molecule has 1 fully saturated rings. The summed E-state index contributed by atoms with van der Waals surface area (Å²) in [5, 5.41) is 5.95. The number of hydrogen-bond acceptors (Lipinski definition) is 1. The lowest BCUT2D eigenvalue weighted by atomic mass is 10.2. The third kappa shape index (κ3) is 5.67. The van der Waals surface area contributed by atoms with Crippen LogP contribution >= 0.6 is 15.8 Å². The highest BCUT2D eigenvalue weighted by molar-refractivity contribution is 7.77. The van der Waals surface area contributed by atoms with E-state index in [1.54, 1.807) is 0 Å². The largest absolute Gasteiger partial charge is 0.298 e. The number of benzene rings is 5. The lowest BCUT2D eigenvalue weighted by Gasteiger charge is -2.34. The molecule has 1 unspecified atom stereocenters. The average Bonchev–Trinajstić information content (AvgIpc) is 3.38. The van der Waals surface area contributed by atoms with E-state index >= 15 is 0 Å². The van der Waals surface area contributed by atoms with Gasteiger partial charge in [0.1, 0.15) is 0 Å². The summed E-state index contributed by atoms with van der Waals surface area (Å²) < 4.78 is 0. The number of hydrogen-bond donors (Lipinski definition) is 0. The molecule has 0 spiro atoms. The van der Waals surface area contributed by atoms with Gasteiger partial charge in [0.25, 0.3) is 0 Å². The van der Waals surface area contributed by atoms with Crippen molar-refractivity contribution < 1.29 is 0 Å². The fourth-order valence-electron chi connectivity index (χ4n) is 5.74. The SMILES string of the molecule is c1ccc(CN2CC(P(c3ccccc3)c3ccccc3)[C@H](P(c3ccccc3)c3ccccc3)C2)cc1. The van der Waals surface area contributed by atoms with Crippen LogP contribution in [-0.4, -0.2) is 29.3 Å². The van der Waals surface area contributed by atoms with Gasteiger partial charge in [0.2, 0.25) is 0 Å². The van der Waals surface area contributed by atoms with E-state index in [0.29, 0.717) is 11.3 Å². The molecule has 38 heavy (non-hydrogen) atoms. The third-order valence-corrected chi connectivity index (χ3v) is 13.4. The summed E-state index contributed by atoms with van der Waals surface area (Å²) in [5.74, 6) is 0. The van der Waals surface area contributed by atoms with E-state index in [0.717, 1.165) is 19.6 Å². The monoisotopic (exact) mass is 529 g/mol. The summed E-state index contributed by atoms with van der Waals surface area (Å²) in [7, 11) is -1.06. The molecule has 3 heteroatoms. The molecule has 0 aliphatic carbocycles. The molecule has 2 atom stereocenters. The van der Waals surface area contributed by atoms with Crippen molar-refractivity contribution in [2.75, 3.05) is 13.1 Å². The quantitative estimate of drug-likeness (QED) is 0.207. The van der Waals surface area contributed by atoms with Gasteiger partial charge in [0.05, 0.1) is 0 Å². The molecule has 0 radical (unpaired) electrons. The molecule has 0 amide bonds. The van der Waals surface area contributed by atoms with Gasteiger partial charge in [-0.2, -0.15) is 0 Å². The summed E-state index contributed by atoms with van der Waals surface area (Å²) in [6.07, 6.45) is 0. The number of rotatable bonds is 8. The first-order chi connectivity index (χ1) is 18.9. The van der Waals surface area contributed by atoms with Crippen LogP contribution in [0.1, 0.15) is 5.56 Å². The first-order valence-electron chi connectivity index (χ1n) is 13.4. The first-order valence-corrected chi connectivity index (χ1v) is 16.2. The molecule has 6 rings (SSSR count). The van der Waals surface area contributed by atoms with Gasteiger partial charge in [0.15, 0.2) is 0 Å². The Morgan fingerprint density at radius 3 is 1.03 bits per heavy atom. The van der Waals surface area contributed by atoms with Crippen LogP contribution in [0, 0.1) is 0 Å². The Labute approximate surface area is 229 Å². The summed E-state index contributed by atoms with van der Waals surface area (Å²) in [6.45, 7) is 3.24. The van der Waals surface area contributed by atoms with E-state index in [-0.39, 0.29) is 0 Å². The van der Waals surface area contributed by atoms with Gasteiger partial charge in [-0.1, -0.05) is 152 Å². The van der Waals surface area contributed by atoms with Crippen molar-refractivity contribution in [3.05, 3.63) is 157 Å². The minimum Gasteiger partial charge on any atom is -0.298 e. The minimum atomic E-state index is -0.531. The molecule has 5 aromatic carbocycles. The molecule has 1 nitrogen and oxygen atoms in total. The number of likely N-dealkylation sites (tertiary alicyclic amines) is 1. The third-order valence-electron chi connectivity index (χ3n) is 7.38. The fourth-order valence-corrected chi connectivity index (χ4v) is 12.3. The maximum Gasteiger partial charge on any atom is 0.0234 e. The molecule has 188 valence electrons. The molecule has 0 bridgehead atoms. The molecule has 1 heterocycles. The maximum atomic E-state index is 2.73. The standard InChI is InChI=1S/C35H33NP2/c1-6-16-29(17-7-1)26-36-27-34(37(30-18-8-2-9-19-30)31-20-10-3-11-21-31)35(28-36)38(32-22-12-4-13-23-32)33-24-14-5-15-25-33/h1-25,34-35H,26-28H2/t34-,35?/m1/s1. The predicted octanol–water partition coefficient (Wildman–Crippen LogP) is 6.51. The molecule has 5 aromatic rings. The van der Waals surface area contributed by atoms with E-state index in [1.165, 1.54) is 26.8 Å². The van der Waals surface area contributed by atoms with Crippen molar-refractivity contribution in [2.45, 2.75) is 17.9 Å². The van der Waals surface area contributed by atoms with Gasteiger partial charge in [-0.25, -0.2) is 0 Å². The number of nitrogens with zero attached hydrogens (tertiary/aromatic N) is 1. The second-order valence-corrected chi connectivity index (χ2v) is 14.8. The zero-order chi connectivity index (χ0) is 25.6. The first kappa shape index (κ1) is 25.2. The van der Waals surface area contributed by atoms with Crippen molar-refractivity contribution in [1.82, 2.24) is 4.90 Å². The predicted molar refractivity (Wildman–Crippen MR) is 167 cm³/mol.